The first kappa shape index (κ1) is 13.8. The van der Waals surface area contributed by atoms with Crippen LogP contribution in [0, 0.1) is 0 Å². The normalized spacial score (nSPS) is 19.6. The fourth-order valence-corrected chi connectivity index (χ4v) is 3.29. The molecular formula is C16H20BrN3. The van der Waals surface area contributed by atoms with E-state index < -0.39 is 0 Å². The topological polar surface area (TPSA) is 29.9 Å². The van der Waals surface area contributed by atoms with Crippen LogP contribution >= 0.6 is 15.9 Å². The number of hydrogen-bond acceptors (Lipinski definition) is 2. The van der Waals surface area contributed by atoms with Crippen molar-refractivity contribution < 1.29 is 0 Å². The Bertz CT molecular complexity index is 588. The molecule has 0 radical (unpaired) electrons. The standard InChI is InChI=1S/C16H20BrN3/c1-11(12-6-8-13(17)9-7-12)19-15-4-3-5-16-14(15)10-18-20(16)2/h6-11,15,19H,3-5H2,1-2H3/t11-,15?/m0/s1. The molecule has 106 valence electrons. The van der Waals surface area contributed by atoms with Gasteiger partial charge in [-0.2, -0.15) is 5.10 Å². The molecule has 1 heterocycles. The molecule has 2 aromatic rings. The van der Waals surface area contributed by atoms with Gasteiger partial charge in [0.25, 0.3) is 0 Å². The maximum absolute atomic E-state index is 4.41. The molecule has 0 spiro atoms. The zero-order chi connectivity index (χ0) is 14.1. The Hall–Kier alpha value is -1.13. The Kier molecular flexibility index (Phi) is 3.94. The molecule has 1 aliphatic rings. The van der Waals surface area contributed by atoms with Crippen molar-refractivity contribution in [1.29, 1.82) is 0 Å². The van der Waals surface area contributed by atoms with Crippen LogP contribution in [0.5, 0.6) is 0 Å². The van der Waals surface area contributed by atoms with Crippen LogP contribution in [0.25, 0.3) is 0 Å². The fraction of sp³-hybridized carbons (Fsp3) is 0.438. The Morgan fingerprint density at radius 3 is 2.85 bits per heavy atom. The van der Waals surface area contributed by atoms with Gasteiger partial charge < -0.3 is 5.32 Å². The molecule has 20 heavy (non-hydrogen) atoms. The summed E-state index contributed by atoms with van der Waals surface area (Å²) in [6.45, 7) is 2.23. The van der Waals surface area contributed by atoms with E-state index in [2.05, 4.69) is 57.5 Å². The Morgan fingerprint density at radius 2 is 2.10 bits per heavy atom. The molecule has 1 unspecified atom stereocenters. The highest BCUT2D eigenvalue weighted by atomic mass is 79.9. The molecule has 3 nitrogen and oxygen atoms in total. The van der Waals surface area contributed by atoms with Gasteiger partial charge in [0.05, 0.1) is 6.20 Å². The molecule has 0 bridgehead atoms. The second-order valence-electron chi connectivity index (χ2n) is 5.55. The molecule has 0 aliphatic heterocycles. The summed E-state index contributed by atoms with van der Waals surface area (Å²) in [5, 5.41) is 8.17. The third-order valence-electron chi connectivity index (χ3n) is 4.20. The number of fused-ring (bicyclic) bond motifs is 1. The minimum absolute atomic E-state index is 0.347. The van der Waals surface area contributed by atoms with Crippen molar-refractivity contribution in [2.45, 2.75) is 38.3 Å². The number of aromatic nitrogens is 2. The van der Waals surface area contributed by atoms with Crippen molar-refractivity contribution in [2.24, 2.45) is 7.05 Å². The molecule has 3 rings (SSSR count). The van der Waals surface area contributed by atoms with Gasteiger partial charge in [-0.25, -0.2) is 0 Å². The maximum atomic E-state index is 4.41. The highest BCUT2D eigenvalue weighted by molar-refractivity contribution is 9.10. The number of nitrogens with one attached hydrogen (secondary N) is 1. The predicted molar refractivity (Wildman–Crippen MR) is 84.6 cm³/mol. The van der Waals surface area contributed by atoms with Crippen LogP contribution in [-0.4, -0.2) is 9.78 Å². The van der Waals surface area contributed by atoms with E-state index in [-0.39, 0.29) is 0 Å². The van der Waals surface area contributed by atoms with Gasteiger partial charge in [-0.3, -0.25) is 4.68 Å². The predicted octanol–water partition coefficient (Wildman–Crippen LogP) is 3.91. The van der Waals surface area contributed by atoms with Crippen molar-refractivity contribution in [2.75, 3.05) is 0 Å². The van der Waals surface area contributed by atoms with Crippen LogP contribution in [0.4, 0.5) is 0 Å². The van der Waals surface area contributed by atoms with E-state index in [4.69, 9.17) is 0 Å². The van der Waals surface area contributed by atoms with Gasteiger partial charge >= 0.3 is 0 Å². The van der Waals surface area contributed by atoms with Gasteiger partial charge in [0.1, 0.15) is 0 Å². The van der Waals surface area contributed by atoms with Crippen molar-refractivity contribution in [3.05, 3.63) is 51.8 Å². The molecule has 4 heteroatoms. The lowest BCUT2D eigenvalue weighted by atomic mass is 9.92. The lowest BCUT2D eigenvalue weighted by Gasteiger charge is -2.27. The van der Waals surface area contributed by atoms with E-state index in [0.717, 1.165) is 10.9 Å². The average Bonchev–Trinajstić information content (AvgIpc) is 2.82. The van der Waals surface area contributed by atoms with Crippen molar-refractivity contribution in [3.8, 4) is 0 Å². The zero-order valence-corrected chi connectivity index (χ0v) is 13.5. The SMILES string of the molecule is C[C@H](NC1CCCc2c1cnn2C)c1ccc(Br)cc1. The van der Waals surface area contributed by atoms with Crippen molar-refractivity contribution in [3.63, 3.8) is 0 Å². The second-order valence-corrected chi connectivity index (χ2v) is 6.47. The zero-order valence-electron chi connectivity index (χ0n) is 11.9. The lowest BCUT2D eigenvalue weighted by Crippen LogP contribution is -2.27. The summed E-state index contributed by atoms with van der Waals surface area (Å²) < 4.78 is 3.15. The molecule has 0 saturated carbocycles. The number of nitrogens with zero attached hydrogens (tertiary/aromatic N) is 2. The monoisotopic (exact) mass is 333 g/mol. The molecule has 2 atom stereocenters. The van der Waals surface area contributed by atoms with Gasteiger partial charge in [0.2, 0.25) is 0 Å². The highest BCUT2D eigenvalue weighted by Crippen LogP contribution is 2.31. The molecule has 1 aromatic carbocycles. The third-order valence-corrected chi connectivity index (χ3v) is 4.73. The van der Waals surface area contributed by atoms with Gasteiger partial charge in [0, 0.05) is 34.9 Å². The third kappa shape index (κ3) is 2.67. The van der Waals surface area contributed by atoms with E-state index in [1.54, 1.807) is 0 Å². The van der Waals surface area contributed by atoms with Crippen LogP contribution in [0.1, 0.15) is 48.7 Å². The van der Waals surface area contributed by atoms with E-state index in [9.17, 15) is 0 Å². The van der Waals surface area contributed by atoms with Gasteiger partial charge in [0.15, 0.2) is 0 Å². The van der Waals surface area contributed by atoms with Gasteiger partial charge in [-0.15, -0.1) is 0 Å². The number of hydrogen-bond donors (Lipinski definition) is 1. The smallest absolute Gasteiger partial charge is 0.0540 e. The van der Waals surface area contributed by atoms with Crippen LogP contribution in [0.15, 0.2) is 34.9 Å². The average molecular weight is 334 g/mol. The Morgan fingerprint density at radius 1 is 1.35 bits per heavy atom. The molecule has 0 amide bonds. The highest BCUT2D eigenvalue weighted by Gasteiger charge is 2.24. The molecule has 1 aliphatic carbocycles. The van der Waals surface area contributed by atoms with E-state index in [1.165, 1.54) is 29.7 Å². The summed E-state index contributed by atoms with van der Waals surface area (Å²) in [5.41, 5.74) is 4.09. The minimum atomic E-state index is 0.347. The van der Waals surface area contributed by atoms with Crippen LogP contribution in [-0.2, 0) is 13.5 Å². The van der Waals surface area contributed by atoms with Crippen LogP contribution in [0.2, 0.25) is 0 Å². The van der Waals surface area contributed by atoms with Gasteiger partial charge in [-0.05, 0) is 43.9 Å². The minimum Gasteiger partial charge on any atom is -0.303 e. The molecule has 1 aromatic heterocycles. The van der Waals surface area contributed by atoms with Gasteiger partial charge in [-0.1, -0.05) is 28.1 Å². The molecule has 0 fully saturated rings. The second kappa shape index (κ2) is 5.70. The van der Waals surface area contributed by atoms with E-state index >= 15 is 0 Å². The summed E-state index contributed by atoms with van der Waals surface area (Å²) in [5.74, 6) is 0. The first-order valence-corrected chi connectivity index (χ1v) is 7.96. The van der Waals surface area contributed by atoms with Crippen molar-refractivity contribution >= 4 is 15.9 Å². The first-order chi connectivity index (χ1) is 9.65. The Labute approximate surface area is 128 Å². The summed E-state index contributed by atoms with van der Waals surface area (Å²) in [7, 11) is 2.04. The number of rotatable bonds is 3. The number of halogens is 1. The molecule has 0 saturated heterocycles. The van der Waals surface area contributed by atoms with Crippen molar-refractivity contribution in [1.82, 2.24) is 15.1 Å². The maximum Gasteiger partial charge on any atom is 0.0540 e. The Balaban J connectivity index is 1.77. The first-order valence-electron chi connectivity index (χ1n) is 7.17. The van der Waals surface area contributed by atoms with E-state index in [1.807, 2.05) is 17.9 Å². The lowest BCUT2D eigenvalue weighted by molar-refractivity contribution is 0.411. The summed E-state index contributed by atoms with van der Waals surface area (Å²) in [6.07, 6.45) is 5.61. The number of benzene rings is 1. The largest absolute Gasteiger partial charge is 0.303 e. The van der Waals surface area contributed by atoms with Crippen LogP contribution in [0.3, 0.4) is 0 Å². The molecular weight excluding hydrogens is 314 g/mol. The number of aryl methyl sites for hydroxylation is 1. The fourth-order valence-electron chi connectivity index (χ4n) is 3.03. The summed E-state index contributed by atoms with van der Waals surface area (Å²) in [6, 6.07) is 9.32. The van der Waals surface area contributed by atoms with E-state index in [0.29, 0.717) is 12.1 Å². The molecule has 1 N–H and O–H groups in total. The van der Waals surface area contributed by atoms with Crippen LogP contribution < -0.4 is 5.32 Å². The quantitative estimate of drug-likeness (QED) is 0.922. The summed E-state index contributed by atoms with van der Waals surface area (Å²) in [4.78, 5) is 0. The summed E-state index contributed by atoms with van der Waals surface area (Å²) >= 11 is 3.49.